The van der Waals surface area contributed by atoms with Crippen LogP contribution in [0.1, 0.15) is 36.5 Å². The smallest absolute Gasteiger partial charge is 0.220 e. The van der Waals surface area contributed by atoms with Crippen LogP contribution in [0.5, 0.6) is 0 Å². The maximum absolute atomic E-state index is 11.1. The normalized spacial score (nSPS) is 9.56. The van der Waals surface area contributed by atoms with E-state index < -0.39 is 0 Å². The summed E-state index contributed by atoms with van der Waals surface area (Å²) in [6, 6.07) is 0. The lowest BCUT2D eigenvalue weighted by atomic mass is 10.3. The maximum Gasteiger partial charge on any atom is 0.220 e. The van der Waals surface area contributed by atoms with Gasteiger partial charge in [-0.3, -0.25) is 4.79 Å². The number of amides is 1. The van der Waals surface area contributed by atoms with Crippen molar-refractivity contribution in [3.63, 3.8) is 0 Å². The van der Waals surface area contributed by atoms with Gasteiger partial charge in [-0.05, 0) is 13.5 Å². The highest BCUT2D eigenvalue weighted by Crippen LogP contribution is 1.85. The molecule has 0 aromatic heterocycles. The Bertz CT molecular complexity index is 176. The Morgan fingerprint density at radius 3 is 2.11 bits per heavy atom. The summed E-state index contributed by atoms with van der Waals surface area (Å²) in [6.45, 7) is 9.84. The van der Waals surface area contributed by atoms with Crippen molar-refractivity contribution in [2.75, 3.05) is 46.6 Å². The van der Waals surface area contributed by atoms with E-state index in [-0.39, 0.29) is 8.76 Å². The molecular formula is C13H34N2O3. The first-order chi connectivity index (χ1) is 8.81. The van der Waals surface area contributed by atoms with E-state index >= 15 is 0 Å². The lowest BCUT2D eigenvalue weighted by Gasteiger charge is -2.06. The highest BCUT2D eigenvalue weighted by Gasteiger charge is 1.97. The van der Waals surface area contributed by atoms with E-state index in [1.165, 1.54) is 0 Å². The van der Waals surface area contributed by atoms with E-state index in [0.29, 0.717) is 39.4 Å². The van der Waals surface area contributed by atoms with Crippen LogP contribution in [0.25, 0.3) is 0 Å². The number of nitrogens with one attached hydrogen (secondary N) is 2. The summed E-state index contributed by atoms with van der Waals surface area (Å²) in [5.74, 6) is 0.0939. The SMILES string of the molecule is CC.CCCC(=O)NCCOCCOCCNC.[HH].[HH]. The molecule has 0 aliphatic heterocycles. The average molecular weight is 266 g/mol. The molecule has 5 heteroatoms. The first-order valence-corrected chi connectivity index (χ1v) is 6.88. The average Bonchev–Trinajstić information content (AvgIpc) is 2.39. The number of rotatable bonds is 11. The summed E-state index contributed by atoms with van der Waals surface area (Å²) in [5.41, 5.74) is 0. The molecule has 0 atom stereocenters. The molecule has 0 unspecified atom stereocenters. The van der Waals surface area contributed by atoms with Gasteiger partial charge < -0.3 is 20.1 Å². The summed E-state index contributed by atoms with van der Waals surface area (Å²) < 4.78 is 10.5. The topological polar surface area (TPSA) is 59.6 Å². The van der Waals surface area contributed by atoms with E-state index in [1.54, 1.807) is 0 Å². The third-order valence-electron chi connectivity index (χ3n) is 1.91. The number of hydrogen-bond acceptors (Lipinski definition) is 4. The van der Waals surface area contributed by atoms with Gasteiger partial charge in [0.2, 0.25) is 5.91 Å². The van der Waals surface area contributed by atoms with Crippen molar-refractivity contribution in [1.82, 2.24) is 10.6 Å². The van der Waals surface area contributed by atoms with Crippen LogP contribution in [0.4, 0.5) is 0 Å². The second kappa shape index (κ2) is 18.7. The Labute approximate surface area is 115 Å². The summed E-state index contributed by atoms with van der Waals surface area (Å²) in [5, 5.41) is 5.77. The van der Waals surface area contributed by atoms with Gasteiger partial charge in [0.25, 0.3) is 0 Å². The van der Waals surface area contributed by atoms with Gasteiger partial charge in [0.1, 0.15) is 0 Å². The molecule has 5 nitrogen and oxygen atoms in total. The zero-order chi connectivity index (χ0) is 14.1. The van der Waals surface area contributed by atoms with E-state index in [9.17, 15) is 4.79 Å². The molecule has 0 aliphatic carbocycles. The third kappa shape index (κ3) is 17.7. The van der Waals surface area contributed by atoms with Crippen LogP contribution in [0.2, 0.25) is 0 Å². The van der Waals surface area contributed by atoms with Crippen LogP contribution in [-0.4, -0.2) is 52.5 Å². The number of carbonyl (C=O) groups is 1. The summed E-state index contributed by atoms with van der Waals surface area (Å²) in [4.78, 5) is 11.1. The number of likely N-dealkylation sites (N-methyl/N-ethyl adjacent to an activating group) is 1. The molecule has 0 spiro atoms. The lowest BCUT2D eigenvalue weighted by Crippen LogP contribution is -2.27. The second-order valence-electron chi connectivity index (χ2n) is 3.43. The number of ether oxygens (including phenoxy) is 2. The minimum Gasteiger partial charge on any atom is -0.378 e. The van der Waals surface area contributed by atoms with Crippen molar-refractivity contribution in [2.24, 2.45) is 0 Å². The van der Waals surface area contributed by atoms with Crippen molar-refractivity contribution in [3.8, 4) is 0 Å². The molecule has 0 fully saturated rings. The van der Waals surface area contributed by atoms with Gasteiger partial charge in [-0.25, -0.2) is 0 Å². The molecule has 18 heavy (non-hydrogen) atoms. The lowest BCUT2D eigenvalue weighted by molar-refractivity contribution is -0.121. The van der Waals surface area contributed by atoms with Crippen molar-refractivity contribution >= 4 is 5.91 Å². The first-order valence-electron chi connectivity index (χ1n) is 6.88. The van der Waals surface area contributed by atoms with Gasteiger partial charge in [-0.1, -0.05) is 20.8 Å². The molecule has 0 saturated heterocycles. The fourth-order valence-electron chi connectivity index (χ4n) is 1.07. The minimum atomic E-state index is 0. The van der Waals surface area contributed by atoms with Crippen LogP contribution in [0, 0.1) is 0 Å². The molecule has 0 bridgehead atoms. The fourth-order valence-corrected chi connectivity index (χ4v) is 1.07. The van der Waals surface area contributed by atoms with Crippen molar-refractivity contribution < 1.29 is 17.1 Å². The van der Waals surface area contributed by atoms with Crippen LogP contribution in [-0.2, 0) is 14.3 Å². The Morgan fingerprint density at radius 2 is 1.61 bits per heavy atom. The molecule has 0 rings (SSSR count). The van der Waals surface area contributed by atoms with Crippen LogP contribution >= 0.6 is 0 Å². The third-order valence-corrected chi connectivity index (χ3v) is 1.91. The summed E-state index contributed by atoms with van der Waals surface area (Å²) >= 11 is 0. The van der Waals surface area contributed by atoms with Crippen LogP contribution in [0.3, 0.4) is 0 Å². The van der Waals surface area contributed by atoms with Gasteiger partial charge >= 0.3 is 0 Å². The summed E-state index contributed by atoms with van der Waals surface area (Å²) in [7, 11) is 1.89. The zero-order valence-electron chi connectivity index (χ0n) is 12.4. The van der Waals surface area contributed by atoms with E-state index in [0.717, 1.165) is 13.0 Å². The summed E-state index contributed by atoms with van der Waals surface area (Å²) in [6.07, 6.45) is 1.47. The standard InChI is InChI=1S/C11H24N2O3.C2H6.2H2/c1-3-4-11(14)13-6-8-16-10-9-15-7-5-12-2;1-2;;/h12H,3-10H2,1-2H3,(H,13,14);1-2H3;2*1H. The van der Waals surface area contributed by atoms with Gasteiger partial charge in [0.05, 0.1) is 26.4 Å². The van der Waals surface area contributed by atoms with E-state index in [2.05, 4.69) is 10.6 Å². The van der Waals surface area contributed by atoms with Crippen molar-refractivity contribution in [3.05, 3.63) is 0 Å². The highest BCUT2D eigenvalue weighted by molar-refractivity contribution is 5.75. The molecule has 0 saturated carbocycles. The van der Waals surface area contributed by atoms with E-state index in [4.69, 9.17) is 9.47 Å². The van der Waals surface area contributed by atoms with Gasteiger partial charge in [-0.15, -0.1) is 0 Å². The highest BCUT2D eigenvalue weighted by atomic mass is 16.5. The molecule has 0 aromatic rings. The van der Waals surface area contributed by atoms with Crippen LogP contribution < -0.4 is 10.6 Å². The molecule has 1 amide bonds. The fraction of sp³-hybridized carbons (Fsp3) is 0.923. The van der Waals surface area contributed by atoms with Gasteiger partial charge in [0, 0.05) is 22.4 Å². The first kappa shape index (κ1) is 19.7. The monoisotopic (exact) mass is 266 g/mol. The molecule has 0 radical (unpaired) electrons. The van der Waals surface area contributed by atoms with E-state index in [1.807, 2.05) is 27.8 Å². The van der Waals surface area contributed by atoms with Gasteiger partial charge in [0.15, 0.2) is 0 Å². The minimum absolute atomic E-state index is 0. The van der Waals surface area contributed by atoms with Gasteiger partial charge in [-0.2, -0.15) is 0 Å². The Hall–Kier alpha value is -0.650. The zero-order valence-corrected chi connectivity index (χ0v) is 12.4. The molecule has 0 aromatic carbocycles. The van der Waals surface area contributed by atoms with Crippen LogP contribution in [0.15, 0.2) is 0 Å². The molecule has 2 N–H and O–H groups in total. The predicted octanol–water partition coefficient (Wildman–Crippen LogP) is 1.67. The molecule has 0 heterocycles. The maximum atomic E-state index is 11.1. The van der Waals surface area contributed by atoms with Crippen molar-refractivity contribution in [1.29, 1.82) is 0 Å². The largest absolute Gasteiger partial charge is 0.378 e. The number of hydrogen-bond donors (Lipinski definition) is 2. The Balaban J connectivity index is -0.000000304. The Kier molecular flexibility index (Phi) is 20.5. The molecule has 0 aliphatic rings. The second-order valence-corrected chi connectivity index (χ2v) is 3.43. The Morgan fingerprint density at radius 1 is 1.06 bits per heavy atom. The predicted molar refractivity (Wildman–Crippen MR) is 79.1 cm³/mol. The van der Waals surface area contributed by atoms with Crippen molar-refractivity contribution in [2.45, 2.75) is 33.6 Å². The molecule has 114 valence electrons. The quantitative estimate of drug-likeness (QED) is 0.559. The number of carbonyl (C=O) groups excluding carboxylic acids is 1. The molecular weight excluding hydrogens is 232 g/mol.